The van der Waals surface area contributed by atoms with Gasteiger partial charge < -0.3 is 10.0 Å². The fourth-order valence-corrected chi connectivity index (χ4v) is 3.28. The average Bonchev–Trinajstić information content (AvgIpc) is 2.89. The first-order valence-electron chi connectivity index (χ1n) is 7.14. The van der Waals surface area contributed by atoms with Gasteiger partial charge in [0.1, 0.15) is 0 Å². The standard InChI is InChI=1S/C13H22N4O2S/c1-3-16(2)12-14-15-13(20-9-11(18)19)17(12)10-7-5-4-6-8-10/h10H,3-9H2,1-2H3,(H,18,19). The highest BCUT2D eigenvalue weighted by molar-refractivity contribution is 7.99. The van der Waals surface area contributed by atoms with Crippen molar-refractivity contribution in [3.8, 4) is 0 Å². The van der Waals surface area contributed by atoms with E-state index in [0.29, 0.717) is 6.04 Å². The van der Waals surface area contributed by atoms with Crippen LogP contribution in [0.5, 0.6) is 0 Å². The number of carboxylic acid groups (broad SMARTS) is 1. The zero-order valence-corrected chi connectivity index (χ0v) is 12.9. The van der Waals surface area contributed by atoms with Crippen LogP contribution in [-0.4, -0.2) is 45.2 Å². The van der Waals surface area contributed by atoms with E-state index >= 15 is 0 Å². The van der Waals surface area contributed by atoms with Crippen molar-refractivity contribution in [2.75, 3.05) is 24.2 Å². The van der Waals surface area contributed by atoms with E-state index < -0.39 is 5.97 Å². The van der Waals surface area contributed by atoms with Crippen LogP contribution in [0.3, 0.4) is 0 Å². The topological polar surface area (TPSA) is 71.2 Å². The highest BCUT2D eigenvalue weighted by Gasteiger charge is 2.24. The lowest BCUT2D eigenvalue weighted by Crippen LogP contribution is -2.24. The van der Waals surface area contributed by atoms with Gasteiger partial charge in [0.15, 0.2) is 5.16 Å². The van der Waals surface area contributed by atoms with Crippen LogP contribution in [0, 0.1) is 0 Å². The molecule has 1 fully saturated rings. The summed E-state index contributed by atoms with van der Waals surface area (Å²) in [6, 6.07) is 0.402. The van der Waals surface area contributed by atoms with Gasteiger partial charge in [-0.05, 0) is 19.8 Å². The zero-order valence-electron chi connectivity index (χ0n) is 12.1. The molecule has 0 aliphatic heterocycles. The number of aliphatic carboxylic acids is 1. The quantitative estimate of drug-likeness (QED) is 0.813. The second kappa shape index (κ2) is 6.97. The minimum Gasteiger partial charge on any atom is -0.481 e. The van der Waals surface area contributed by atoms with Gasteiger partial charge in [0.25, 0.3) is 0 Å². The Morgan fingerprint density at radius 1 is 1.40 bits per heavy atom. The molecule has 2 rings (SSSR count). The van der Waals surface area contributed by atoms with E-state index in [1.807, 2.05) is 7.05 Å². The van der Waals surface area contributed by atoms with E-state index in [4.69, 9.17) is 5.11 Å². The Hall–Kier alpha value is -1.24. The van der Waals surface area contributed by atoms with Crippen molar-refractivity contribution in [1.29, 1.82) is 0 Å². The molecule has 0 amide bonds. The number of thioether (sulfide) groups is 1. The maximum absolute atomic E-state index is 10.8. The average molecular weight is 298 g/mol. The van der Waals surface area contributed by atoms with Crippen molar-refractivity contribution in [3.05, 3.63) is 0 Å². The fraction of sp³-hybridized carbons (Fsp3) is 0.769. The second-order valence-corrected chi connectivity index (χ2v) is 6.08. The molecule has 6 nitrogen and oxygen atoms in total. The van der Waals surface area contributed by atoms with Gasteiger partial charge in [-0.25, -0.2) is 0 Å². The molecule has 0 spiro atoms. The zero-order chi connectivity index (χ0) is 14.5. The molecule has 0 aromatic carbocycles. The number of aromatic nitrogens is 3. The molecule has 0 bridgehead atoms. The van der Waals surface area contributed by atoms with Gasteiger partial charge in [-0.15, -0.1) is 10.2 Å². The van der Waals surface area contributed by atoms with Gasteiger partial charge in [-0.2, -0.15) is 0 Å². The van der Waals surface area contributed by atoms with Crippen LogP contribution in [0.15, 0.2) is 5.16 Å². The lowest BCUT2D eigenvalue weighted by Gasteiger charge is -2.27. The van der Waals surface area contributed by atoms with Crippen molar-refractivity contribution in [1.82, 2.24) is 14.8 Å². The molecule has 1 aromatic rings. The molecular weight excluding hydrogens is 276 g/mol. The molecule has 1 aromatic heterocycles. The first-order chi connectivity index (χ1) is 9.63. The molecule has 0 saturated heterocycles. The van der Waals surface area contributed by atoms with Gasteiger partial charge in [0, 0.05) is 19.6 Å². The van der Waals surface area contributed by atoms with Crippen molar-refractivity contribution < 1.29 is 9.90 Å². The van der Waals surface area contributed by atoms with Crippen LogP contribution in [0.25, 0.3) is 0 Å². The summed E-state index contributed by atoms with van der Waals surface area (Å²) >= 11 is 1.26. The number of carboxylic acids is 1. The second-order valence-electron chi connectivity index (χ2n) is 5.14. The number of hydrogen-bond acceptors (Lipinski definition) is 5. The van der Waals surface area contributed by atoms with Crippen LogP contribution in [-0.2, 0) is 4.79 Å². The molecular formula is C13H22N4O2S. The third-order valence-electron chi connectivity index (χ3n) is 3.73. The molecule has 0 atom stereocenters. The van der Waals surface area contributed by atoms with Crippen molar-refractivity contribution in [2.45, 2.75) is 50.2 Å². The maximum Gasteiger partial charge on any atom is 0.313 e. The van der Waals surface area contributed by atoms with Crippen LogP contribution < -0.4 is 4.90 Å². The molecule has 1 aliphatic rings. The smallest absolute Gasteiger partial charge is 0.313 e. The van der Waals surface area contributed by atoms with Gasteiger partial charge in [-0.3, -0.25) is 9.36 Å². The van der Waals surface area contributed by atoms with Crippen LogP contribution in [0.1, 0.15) is 45.1 Å². The number of hydrogen-bond donors (Lipinski definition) is 1. The minimum absolute atomic E-state index is 0.0285. The largest absolute Gasteiger partial charge is 0.481 e. The van der Waals surface area contributed by atoms with E-state index in [-0.39, 0.29) is 5.75 Å². The molecule has 7 heteroatoms. The summed E-state index contributed by atoms with van der Waals surface area (Å²) in [6.45, 7) is 2.93. The molecule has 1 heterocycles. The number of nitrogens with zero attached hydrogens (tertiary/aromatic N) is 4. The number of carbonyl (C=O) groups is 1. The Kier molecular flexibility index (Phi) is 5.28. The first kappa shape index (κ1) is 15.2. The maximum atomic E-state index is 10.8. The summed E-state index contributed by atoms with van der Waals surface area (Å²) in [5.74, 6) is 0.0617. The summed E-state index contributed by atoms with van der Waals surface area (Å²) in [7, 11) is 2.00. The minimum atomic E-state index is -0.821. The third kappa shape index (κ3) is 3.45. The monoisotopic (exact) mass is 298 g/mol. The first-order valence-corrected chi connectivity index (χ1v) is 8.12. The normalized spacial score (nSPS) is 16.3. The van der Waals surface area contributed by atoms with E-state index in [1.54, 1.807) is 0 Å². The third-order valence-corrected chi connectivity index (χ3v) is 4.65. The van der Waals surface area contributed by atoms with Gasteiger partial charge >= 0.3 is 5.97 Å². The van der Waals surface area contributed by atoms with Crippen molar-refractivity contribution in [2.24, 2.45) is 0 Å². The number of rotatable bonds is 6. The van der Waals surface area contributed by atoms with E-state index in [9.17, 15) is 4.79 Å². The Morgan fingerprint density at radius 2 is 2.10 bits per heavy atom. The fourth-order valence-electron chi connectivity index (χ4n) is 2.55. The Morgan fingerprint density at radius 3 is 2.70 bits per heavy atom. The van der Waals surface area contributed by atoms with E-state index in [2.05, 4.69) is 26.6 Å². The summed E-state index contributed by atoms with van der Waals surface area (Å²) in [6.07, 6.45) is 5.99. The lowest BCUT2D eigenvalue weighted by molar-refractivity contribution is -0.133. The van der Waals surface area contributed by atoms with E-state index in [1.165, 1.54) is 31.0 Å². The van der Waals surface area contributed by atoms with Gasteiger partial charge in [0.2, 0.25) is 5.95 Å². The van der Waals surface area contributed by atoms with E-state index in [0.717, 1.165) is 30.5 Å². The highest BCUT2D eigenvalue weighted by atomic mass is 32.2. The van der Waals surface area contributed by atoms with Gasteiger partial charge in [-0.1, -0.05) is 31.0 Å². The molecule has 0 unspecified atom stereocenters. The summed E-state index contributed by atoms with van der Waals surface area (Å²) in [4.78, 5) is 12.8. The predicted octanol–water partition coefficient (Wildman–Crippen LogP) is 2.42. The highest BCUT2D eigenvalue weighted by Crippen LogP contribution is 2.34. The predicted molar refractivity (Wildman–Crippen MR) is 79.4 cm³/mol. The van der Waals surface area contributed by atoms with Crippen molar-refractivity contribution in [3.63, 3.8) is 0 Å². The van der Waals surface area contributed by atoms with Crippen LogP contribution >= 0.6 is 11.8 Å². The Balaban J connectivity index is 2.26. The van der Waals surface area contributed by atoms with Crippen LogP contribution in [0.2, 0.25) is 0 Å². The lowest BCUT2D eigenvalue weighted by atomic mass is 9.95. The Bertz CT molecular complexity index is 457. The number of anilines is 1. The van der Waals surface area contributed by atoms with Crippen molar-refractivity contribution >= 4 is 23.7 Å². The van der Waals surface area contributed by atoms with Gasteiger partial charge in [0.05, 0.1) is 5.75 Å². The summed E-state index contributed by atoms with van der Waals surface area (Å²) in [5, 5.41) is 18.0. The summed E-state index contributed by atoms with van der Waals surface area (Å²) < 4.78 is 2.15. The SMILES string of the molecule is CCN(C)c1nnc(SCC(=O)O)n1C1CCCCC1. The molecule has 0 radical (unpaired) electrons. The molecule has 1 N–H and O–H groups in total. The molecule has 20 heavy (non-hydrogen) atoms. The molecule has 112 valence electrons. The molecule has 1 saturated carbocycles. The molecule has 1 aliphatic carbocycles. The Labute approximate surface area is 123 Å². The van der Waals surface area contributed by atoms with Crippen LogP contribution in [0.4, 0.5) is 5.95 Å². The summed E-state index contributed by atoms with van der Waals surface area (Å²) in [5.41, 5.74) is 0.